The third kappa shape index (κ3) is 3.98. The van der Waals surface area contributed by atoms with Crippen molar-refractivity contribution in [2.75, 3.05) is 38.5 Å². The summed E-state index contributed by atoms with van der Waals surface area (Å²) in [5.41, 5.74) is 3.16. The molecule has 0 aliphatic carbocycles. The van der Waals surface area contributed by atoms with Gasteiger partial charge in [-0.3, -0.25) is 9.69 Å². The van der Waals surface area contributed by atoms with Crippen LogP contribution in [-0.4, -0.2) is 53.9 Å². The topological polar surface area (TPSA) is 48.5 Å². The van der Waals surface area contributed by atoms with Gasteiger partial charge in [-0.15, -0.1) is 0 Å². The number of carbonyl (C=O) groups excluding carboxylic acids is 1. The van der Waals surface area contributed by atoms with Crippen LogP contribution in [0.2, 0.25) is 0 Å². The largest absolute Gasteiger partial charge is 0.387 e. The Morgan fingerprint density at radius 1 is 1.07 bits per heavy atom. The van der Waals surface area contributed by atoms with Gasteiger partial charge in [0.05, 0.1) is 11.9 Å². The molecule has 1 N–H and O–H groups in total. The van der Waals surface area contributed by atoms with Crippen LogP contribution >= 0.6 is 0 Å². The van der Waals surface area contributed by atoms with Gasteiger partial charge in [0.25, 0.3) is 5.91 Å². The number of nitrogens with zero attached hydrogens (tertiary/aromatic N) is 3. The predicted octanol–water partition coefficient (Wildman–Crippen LogP) is 3.25. The number of nitrogens with one attached hydrogen (secondary N) is 1. The zero-order valence-electron chi connectivity index (χ0n) is 16.0. The van der Waals surface area contributed by atoms with Gasteiger partial charge in [0.1, 0.15) is 5.69 Å². The monoisotopic (exact) mass is 364 g/mol. The highest BCUT2D eigenvalue weighted by molar-refractivity contribution is 5.92. The Labute approximate surface area is 161 Å². The summed E-state index contributed by atoms with van der Waals surface area (Å²) in [6, 6.07) is 14.4. The molecule has 0 bridgehead atoms. The Bertz CT molecular complexity index is 767. The Morgan fingerprint density at radius 3 is 2.48 bits per heavy atom. The first kappa shape index (κ1) is 18.0. The lowest BCUT2D eigenvalue weighted by molar-refractivity contribution is 0.0709. The molecule has 3 heterocycles. The molecule has 0 saturated carbocycles. The number of piperidine rings is 1. The molecule has 4 rings (SSSR count). The highest BCUT2D eigenvalue weighted by Gasteiger charge is 2.42. The number of anilines is 1. The fourth-order valence-electron chi connectivity index (χ4n) is 4.37. The summed E-state index contributed by atoms with van der Waals surface area (Å²) in [7, 11) is 1.85. The van der Waals surface area contributed by atoms with E-state index in [0.29, 0.717) is 11.1 Å². The van der Waals surface area contributed by atoms with Crippen molar-refractivity contribution in [3.05, 3.63) is 59.9 Å². The number of benzene rings is 1. The summed E-state index contributed by atoms with van der Waals surface area (Å²) in [5.74, 6) is 0.0706. The number of aromatic nitrogens is 1. The summed E-state index contributed by atoms with van der Waals surface area (Å²) < 4.78 is 0. The summed E-state index contributed by atoms with van der Waals surface area (Å²) in [4.78, 5) is 21.7. The lowest BCUT2D eigenvalue weighted by atomic mass is 9.77. The number of hydrogen-bond donors (Lipinski definition) is 1. The van der Waals surface area contributed by atoms with Crippen molar-refractivity contribution in [3.63, 3.8) is 0 Å². The molecular weight excluding hydrogens is 336 g/mol. The molecule has 5 heteroatoms. The van der Waals surface area contributed by atoms with Crippen molar-refractivity contribution in [3.8, 4) is 0 Å². The Balaban J connectivity index is 1.33. The van der Waals surface area contributed by atoms with Crippen LogP contribution in [0.15, 0.2) is 48.7 Å². The second-order valence-electron chi connectivity index (χ2n) is 7.92. The minimum atomic E-state index is 0.0706. The van der Waals surface area contributed by atoms with Gasteiger partial charge in [-0.05, 0) is 55.5 Å². The van der Waals surface area contributed by atoms with Crippen LogP contribution in [-0.2, 0) is 6.54 Å². The Kier molecular flexibility index (Phi) is 5.12. The number of pyridine rings is 1. The molecular formula is C22H28N4O. The first-order valence-electron chi connectivity index (χ1n) is 9.87. The molecule has 2 aliphatic rings. The lowest BCUT2D eigenvalue weighted by Gasteiger charge is -2.39. The molecule has 0 radical (unpaired) electrons. The van der Waals surface area contributed by atoms with Crippen molar-refractivity contribution in [1.29, 1.82) is 0 Å². The zero-order chi connectivity index (χ0) is 18.7. The van der Waals surface area contributed by atoms with Gasteiger partial charge in [-0.2, -0.15) is 0 Å². The van der Waals surface area contributed by atoms with E-state index in [-0.39, 0.29) is 5.91 Å². The van der Waals surface area contributed by atoms with E-state index in [1.54, 1.807) is 6.20 Å². The average Bonchev–Trinajstić information content (AvgIpc) is 3.14. The molecule has 5 nitrogen and oxygen atoms in total. The summed E-state index contributed by atoms with van der Waals surface area (Å²) in [6.07, 6.45) is 5.19. The van der Waals surface area contributed by atoms with E-state index < -0.39 is 0 Å². The maximum absolute atomic E-state index is 12.8. The van der Waals surface area contributed by atoms with Crippen LogP contribution in [0.3, 0.4) is 0 Å². The van der Waals surface area contributed by atoms with E-state index in [1.807, 2.05) is 24.1 Å². The van der Waals surface area contributed by atoms with E-state index in [1.165, 1.54) is 18.4 Å². The quantitative estimate of drug-likeness (QED) is 0.905. The van der Waals surface area contributed by atoms with Crippen LogP contribution < -0.4 is 5.32 Å². The Hall–Kier alpha value is -2.40. The number of carbonyl (C=O) groups is 1. The summed E-state index contributed by atoms with van der Waals surface area (Å²) in [6.45, 7) is 4.99. The lowest BCUT2D eigenvalue weighted by Crippen LogP contribution is -2.42. The van der Waals surface area contributed by atoms with Crippen LogP contribution in [0.25, 0.3) is 0 Å². The molecule has 1 amide bonds. The van der Waals surface area contributed by atoms with Crippen LogP contribution in [0, 0.1) is 5.41 Å². The normalized spacial score (nSPS) is 19.4. The van der Waals surface area contributed by atoms with Crippen LogP contribution in [0.5, 0.6) is 0 Å². The SMILES string of the molecule is CNc1ccc(C(=O)N2CCC3(CCN(Cc4ccccc4)CC3)C2)nc1. The maximum atomic E-state index is 12.8. The molecule has 2 aromatic rings. The number of amides is 1. The molecule has 27 heavy (non-hydrogen) atoms. The smallest absolute Gasteiger partial charge is 0.272 e. The van der Waals surface area contributed by atoms with E-state index in [9.17, 15) is 4.79 Å². The highest BCUT2D eigenvalue weighted by atomic mass is 16.2. The second kappa shape index (κ2) is 7.69. The average molecular weight is 364 g/mol. The molecule has 1 aromatic carbocycles. The molecule has 0 unspecified atom stereocenters. The summed E-state index contributed by atoms with van der Waals surface area (Å²) in [5, 5.41) is 3.04. The zero-order valence-corrected chi connectivity index (χ0v) is 16.0. The molecule has 1 aromatic heterocycles. The van der Waals surface area contributed by atoms with Crippen molar-refractivity contribution >= 4 is 11.6 Å². The molecule has 2 aliphatic heterocycles. The van der Waals surface area contributed by atoms with Gasteiger partial charge in [0, 0.05) is 26.7 Å². The van der Waals surface area contributed by atoms with Gasteiger partial charge in [-0.1, -0.05) is 30.3 Å². The molecule has 1 spiro atoms. The van der Waals surface area contributed by atoms with Gasteiger partial charge >= 0.3 is 0 Å². The van der Waals surface area contributed by atoms with E-state index in [4.69, 9.17) is 0 Å². The van der Waals surface area contributed by atoms with E-state index in [2.05, 4.69) is 45.5 Å². The van der Waals surface area contributed by atoms with Crippen molar-refractivity contribution in [1.82, 2.24) is 14.8 Å². The van der Waals surface area contributed by atoms with Crippen molar-refractivity contribution in [2.45, 2.75) is 25.8 Å². The standard InChI is InChI=1S/C22H28N4O/c1-23-19-7-8-20(24-15-19)21(27)26-14-11-22(17-26)9-12-25(13-10-22)16-18-5-3-2-4-6-18/h2-8,15,23H,9-14,16-17H2,1H3. The van der Waals surface area contributed by atoms with Gasteiger partial charge < -0.3 is 10.2 Å². The minimum Gasteiger partial charge on any atom is -0.387 e. The van der Waals surface area contributed by atoms with E-state index in [0.717, 1.165) is 44.8 Å². The second-order valence-corrected chi connectivity index (χ2v) is 7.92. The van der Waals surface area contributed by atoms with Crippen molar-refractivity contribution in [2.24, 2.45) is 5.41 Å². The maximum Gasteiger partial charge on any atom is 0.272 e. The highest BCUT2D eigenvalue weighted by Crippen LogP contribution is 2.41. The molecule has 0 atom stereocenters. The third-order valence-corrected chi connectivity index (χ3v) is 6.16. The first-order chi connectivity index (χ1) is 13.2. The Morgan fingerprint density at radius 2 is 1.81 bits per heavy atom. The van der Waals surface area contributed by atoms with E-state index >= 15 is 0 Å². The van der Waals surface area contributed by atoms with Gasteiger partial charge in [0.15, 0.2) is 0 Å². The summed E-state index contributed by atoms with van der Waals surface area (Å²) >= 11 is 0. The molecule has 142 valence electrons. The third-order valence-electron chi connectivity index (χ3n) is 6.16. The molecule has 2 saturated heterocycles. The fourth-order valence-corrected chi connectivity index (χ4v) is 4.37. The van der Waals surface area contributed by atoms with Crippen LogP contribution in [0.1, 0.15) is 35.3 Å². The number of rotatable bonds is 4. The predicted molar refractivity (Wildman–Crippen MR) is 108 cm³/mol. The number of hydrogen-bond acceptors (Lipinski definition) is 4. The molecule has 2 fully saturated rings. The first-order valence-corrected chi connectivity index (χ1v) is 9.87. The van der Waals surface area contributed by atoms with Gasteiger partial charge in [0.2, 0.25) is 0 Å². The fraction of sp³-hybridized carbons (Fsp3) is 0.455. The minimum absolute atomic E-state index is 0.0706. The van der Waals surface area contributed by atoms with Gasteiger partial charge in [-0.25, -0.2) is 4.98 Å². The number of likely N-dealkylation sites (tertiary alicyclic amines) is 2. The van der Waals surface area contributed by atoms with Crippen LogP contribution in [0.4, 0.5) is 5.69 Å². The van der Waals surface area contributed by atoms with Crippen molar-refractivity contribution < 1.29 is 4.79 Å².